The van der Waals surface area contributed by atoms with Crippen molar-refractivity contribution in [3.8, 4) is 5.75 Å². The molecule has 0 spiro atoms. The summed E-state index contributed by atoms with van der Waals surface area (Å²) < 4.78 is 57.8. The summed E-state index contributed by atoms with van der Waals surface area (Å²) in [6, 6.07) is 13.4. The highest BCUT2D eigenvalue weighted by molar-refractivity contribution is 6.01. The number of aromatic nitrogens is 1. The molecule has 0 aliphatic carbocycles. The molecule has 1 saturated heterocycles. The van der Waals surface area contributed by atoms with E-state index in [0.717, 1.165) is 17.0 Å². The quantitative estimate of drug-likeness (QED) is 0.197. The van der Waals surface area contributed by atoms with Crippen LogP contribution >= 0.6 is 0 Å². The molecular weight excluding hydrogens is 632 g/mol. The van der Waals surface area contributed by atoms with E-state index in [-0.39, 0.29) is 25.3 Å². The van der Waals surface area contributed by atoms with Crippen LogP contribution in [0.4, 0.5) is 33.7 Å². The average molecular weight is 669 g/mol. The second-order valence-electron chi connectivity index (χ2n) is 12.0. The molecule has 5 rings (SSSR count). The summed E-state index contributed by atoms with van der Waals surface area (Å²) in [5, 5.41) is 6.10. The highest BCUT2D eigenvalue weighted by Gasteiger charge is 2.36. The number of rotatable bonds is 9. The summed E-state index contributed by atoms with van der Waals surface area (Å²) >= 11 is 0. The van der Waals surface area contributed by atoms with E-state index in [1.165, 1.54) is 40.1 Å². The second-order valence-corrected chi connectivity index (χ2v) is 12.0. The molecule has 2 atom stereocenters. The Morgan fingerprint density at radius 3 is 2.50 bits per heavy atom. The first-order valence-electron chi connectivity index (χ1n) is 15.2. The van der Waals surface area contributed by atoms with E-state index in [2.05, 4.69) is 20.4 Å². The van der Waals surface area contributed by atoms with E-state index < -0.39 is 47.7 Å². The second kappa shape index (κ2) is 13.9. The maximum absolute atomic E-state index is 14.0. The van der Waals surface area contributed by atoms with Crippen molar-refractivity contribution in [1.29, 1.82) is 0 Å². The molecule has 2 heterocycles. The van der Waals surface area contributed by atoms with Gasteiger partial charge in [0.25, 0.3) is 0 Å². The zero-order valence-corrected chi connectivity index (χ0v) is 26.8. The van der Waals surface area contributed by atoms with E-state index in [4.69, 9.17) is 0 Å². The largest absolute Gasteiger partial charge is 0.573 e. The van der Waals surface area contributed by atoms with Crippen molar-refractivity contribution < 1.29 is 36.7 Å². The number of nitrogens with zero attached hydrogens (tertiary/aromatic N) is 3. The van der Waals surface area contributed by atoms with Gasteiger partial charge in [-0.05, 0) is 74.1 Å². The predicted octanol–water partition coefficient (Wildman–Crippen LogP) is 5.74. The number of benzene rings is 3. The number of nitrogens with one attached hydrogen (secondary N) is 3. The number of urea groups is 1. The molecule has 1 aliphatic heterocycles. The van der Waals surface area contributed by atoms with Gasteiger partial charge in [0, 0.05) is 48.3 Å². The van der Waals surface area contributed by atoms with Gasteiger partial charge in [0.15, 0.2) is 5.75 Å². The number of hydrogen-bond acceptors (Lipinski definition) is 5. The van der Waals surface area contributed by atoms with Gasteiger partial charge < -0.3 is 35.1 Å². The predicted molar refractivity (Wildman–Crippen MR) is 173 cm³/mol. The molecule has 0 bridgehead atoms. The van der Waals surface area contributed by atoms with Crippen LogP contribution < -0.4 is 20.3 Å². The lowest BCUT2D eigenvalue weighted by molar-refractivity contribution is -0.274. The van der Waals surface area contributed by atoms with Gasteiger partial charge in [0.05, 0.1) is 5.69 Å². The SMILES string of the molecule is Cc1cc(F)ccc1N1CCN(C(=O)N[C@@H](C(=O)Nc2cc(CN(C)C)ccc2OC(F)(F)F)[C@@H](C)c2c[nH]c3ccccc23)CC1=O. The summed E-state index contributed by atoms with van der Waals surface area (Å²) in [6.45, 7) is 3.70. The zero-order valence-electron chi connectivity index (χ0n) is 26.8. The van der Waals surface area contributed by atoms with Gasteiger partial charge >= 0.3 is 12.4 Å². The van der Waals surface area contributed by atoms with Crippen molar-refractivity contribution in [2.75, 3.05) is 43.9 Å². The minimum absolute atomic E-state index is 0.111. The summed E-state index contributed by atoms with van der Waals surface area (Å²) in [6.07, 6.45) is -3.31. The molecule has 3 N–H and O–H groups in total. The molecular formula is C34H36F4N6O4. The standard InChI is InChI=1S/C34H36F4N6O4/c1-20-15-23(35)10-11-28(20)44-14-13-43(19-30(44)45)33(47)41-31(21(2)25-17-39-26-8-6-5-7-24(25)26)32(46)40-27-16-22(18-42(3)4)9-12-29(27)48-34(36,37)38/h5-12,15-17,21,31,39H,13-14,18-19H2,1-4H3,(H,40,46)(H,41,47)/t21-,31+/m0/s1. The number of para-hydroxylation sites is 1. The van der Waals surface area contributed by atoms with Crippen molar-refractivity contribution in [1.82, 2.24) is 20.1 Å². The van der Waals surface area contributed by atoms with Crippen molar-refractivity contribution in [3.05, 3.63) is 89.4 Å². The number of carbonyl (C=O) groups is 3. The minimum atomic E-state index is -5.02. The Bertz CT molecular complexity index is 1820. The molecule has 1 aromatic heterocycles. The molecule has 3 aromatic carbocycles. The number of alkyl halides is 3. The molecule has 14 heteroatoms. The number of anilines is 2. The molecule has 254 valence electrons. The Morgan fingerprint density at radius 1 is 1.06 bits per heavy atom. The van der Waals surface area contributed by atoms with Gasteiger partial charge in [-0.25, -0.2) is 9.18 Å². The highest BCUT2D eigenvalue weighted by atomic mass is 19.4. The Hall–Kier alpha value is -5.11. The molecule has 0 unspecified atom stereocenters. The van der Waals surface area contributed by atoms with Crippen LogP contribution in [0.5, 0.6) is 5.75 Å². The van der Waals surface area contributed by atoms with E-state index >= 15 is 0 Å². The average Bonchev–Trinajstić information content (AvgIpc) is 3.44. The molecule has 0 saturated carbocycles. The topological polar surface area (TPSA) is 110 Å². The van der Waals surface area contributed by atoms with Crippen LogP contribution in [-0.4, -0.2) is 78.8 Å². The summed E-state index contributed by atoms with van der Waals surface area (Å²) in [5.41, 5.74) is 2.96. The van der Waals surface area contributed by atoms with Crippen molar-refractivity contribution in [3.63, 3.8) is 0 Å². The number of fused-ring (bicyclic) bond motifs is 1. The van der Waals surface area contributed by atoms with E-state index in [0.29, 0.717) is 28.9 Å². The normalized spacial score (nSPS) is 15.1. The lowest BCUT2D eigenvalue weighted by Gasteiger charge is -2.36. The number of hydrogen-bond donors (Lipinski definition) is 3. The number of piperazine rings is 1. The van der Waals surface area contributed by atoms with Crippen molar-refractivity contribution in [2.24, 2.45) is 0 Å². The maximum Gasteiger partial charge on any atom is 0.573 e. The van der Waals surface area contributed by atoms with Crippen LogP contribution in [-0.2, 0) is 16.1 Å². The van der Waals surface area contributed by atoms with Gasteiger partial charge in [-0.2, -0.15) is 0 Å². The Morgan fingerprint density at radius 2 is 1.81 bits per heavy atom. The third-order valence-electron chi connectivity index (χ3n) is 8.16. The van der Waals surface area contributed by atoms with Gasteiger partial charge in [-0.1, -0.05) is 31.2 Å². The van der Waals surface area contributed by atoms with Crippen LogP contribution in [0, 0.1) is 12.7 Å². The zero-order chi connectivity index (χ0) is 34.7. The molecule has 1 aliphatic rings. The fraction of sp³-hybridized carbons (Fsp3) is 0.324. The number of halogens is 4. The summed E-state index contributed by atoms with van der Waals surface area (Å²) in [5.74, 6) is -2.91. The molecule has 10 nitrogen and oxygen atoms in total. The summed E-state index contributed by atoms with van der Waals surface area (Å²) in [7, 11) is 3.58. The van der Waals surface area contributed by atoms with E-state index in [1.54, 1.807) is 34.1 Å². The van der Waals surface area contributed by atoms with Gasteiger partial charge in [-0.15, -0.1) is 13.2 Å². The fourth-order valence-electron chi connectivity index (χ4n) is 5.88. The van der Waals surface area contributed by atoms with Crippen LogP contribution in [0.25, 0.3) is 10.9 Å². The van der Waals surface area contributed by atoms with Crippen LogP contribution in [0.3, 0.4) is 0 Å². The smallest absolute Gasteiger partial charge is 0.404 e. The first-order chi connectivity index (χ1) is 22.7. The van der Waals surface area contributed by atoms with Crippen LogP contribution in [0.1, 0.15) is 29.5 Å². The highest BCUT2D eigenvalue weighted by Crippen LogP contribution is 2.33. The summed E-state index contributed by atoms with van der Waals surface area (Å²) in [4.78, 5) is 48.5. The number of amides is 4. The number of aromatic amines is 1. The monoisotopic (exact) mass is 668 g/mol. The van der Waals surface area contributed by atoms with Gasteiger partial charge in [-0.3, -0.25) is 9.59 Å². The number of aryl methyl sites for hydroxylation is 1. The maximum atomic E-state index is 14.0. The van der Waals surface area contributed by atoms with Crippen LogP contribution in [0.15, 0.2) is 66.9 Å². The molecule has 48 heavy (non-hydrogen) atoms. The van der Waals surface area contributed by atoms with Crippen LogP contribution in [0.2, 0.25) is 0 Å². The Kier molecular flexibility index (Phi) is 9.94. The number of ether oxygens (including phenoxy) is 1. The Balaban J connectivity index is 1.42. The van der Waals surface area contributed by atoms with E-state index in [9.17, 15) is 31.9 Å². The molecule has 0 radical (unpaired) electrons. The van der Waals surface area contributed by atoms with Gasteiger partial charge in [0.2, 0.25) is 11.8 Å². The lowest BCUT2D eigenvalue weighted by Crippen LogP contribution is -2.58. The third kappa shape index (κ3) is 7.88. The van der Waals surface area contributed by atoms with E-state index in [1.807, 2.05) is 29.2 Å². The number of carbonyl (C=O) groups excluding carboxylic acids is 3. The molecule has 4 amide bonds. The molecule has 1 fully saturated rings. The first kappa shape index (κ1) is 34.2. The Labute approximate surface area is 274 Å². The van der Waals surface area contributed by atoms with Crippen molar-refractivity contribution in [2.45, 2.75) is 38.7 Å². The number of H-pyrrole nitrogens is 1. The minimum Gasteiger partial charge on any atom is -0.404 e. The van der Waals surface area contributed by atoms with Crippen molar-refractivity contribution >= 4 is 40.1 Å². The fourth-order valence-corrected chi connectivity index (χ4v) is 5.88. The molecule has 4 aromatic rings. The van der Waals surface area contributed by atoms with Gasteiger partial charge in [0.1, 0.15) is 18.4 Å². The first-order valence-corrected chi connectivity index (χ1v) is 15.2. The third-order valence-corrected chi connectivity index (χ3v) is 8.16. The lowest BCUT2D eigenvalue weighted by atomic mass is 9.92.